The Morgan fingerprint density at radius 2 is 2.14 bits per heavy atom. The number of ether oxygens (including phenoxy) is 1. The molecule has 2 heteroatoms. The highest BCUT2D eigenvalue weighted by Crippen LogP contribution is 2.18. The number of hydrogen-bond acceptors (Lipinski definition) is 2. The van der Waals surface area contributed by atoms with E-state index in [9.17, 15) is 4.79 Å². The van der Waals surface area contributed by atoms with Crippen LogP contribution in [0.5, 0.6) is 0 Å². The second-order valence-corrected chi connectivity index (χ2v) is 2.91. The molecule has 0 fully saturated rings. The first-order valence-electron chi connectivity index (χ1n) is 4.65. The molecule has 0 aromatic heterocycles. The molecule has 0 bridgehead atoms. The van der Waals surface area contributed by atoms with Gasteiger partial charge in [-0.2, -0.15) is 0 Å². The summed E-state index contributed by atoms with van der Waals surface area (Å²) < 4.78 is 5.18. The summed E-state index contributed by atoms with van der Waals surface area (Å²) in [4.78, 5) is 11.1. The molecule has 0 spiro atoms. The third-order valence-electron chi connectivity index (χ3n) is 1.89. The normalized spacial score (nSPS) is 11.8. The third kappa shape index (κ3) is 2.73. The van der Waals surface area contributed by atoms with Gasteiger partial charge < -0.3 is 4.74 Å². The van der Waals surface area contributed by atoms with Crippen LogP contribution in [0.3, 0.4) is 0 Å². The SMILES string of the molecule is C=CC(OC(=O)CC)c1ccccc1. The molecule has 0 saturated heterocycles. The van der Waals surface area contributed by atoms with Crippen LogP contribution in [0.1, 0.15) is 25.0 Å². The Bertz CT molecular complexity index is 303. The molecule has 0 aliphatic heterocycles. The molecule has 1 aromatic rings. The van der Waals surface area contributed by atoms with Gasteiger partial charge in [-0.05, 0) is 11.6 Å². The number of benzene rings is 1. The largest absolute Gasteiger partial charge is 0.453 e. The van der Waals surface area contributed by atoms with Crippen LogP contribution in [-0.4, -0.2) is 5.97 Å². The van der Waals surface area contributed by atoms with E-state index in [4.69, 9.17) is 4.74 Å². The first kappa shape index (κ1) is 10.5. The van der Waals surface area contributed by atoms with E-state index in [0.717, 1.165) is 5.56 Å². The van der Waals surface area contributed by atoms with E-state index >= 15 is 0 Å². The Morgan fingerprint density at radius 1 is 1.50 bits per heavy atom. The van der Waals surface area contributed by atoms with Crippen LogP contribution in [0, 0.1) is 0 Å². The van der Waals surface area contributed by atoms with E-state index in [1.807, 2.05) is 30.3 Å². The molecule has 0 aliphatic rings. The lowest BCUT2D eigenvalue weighted by Crippen LogP contribution is -2.07. The molecule has 0 amide bonds. The molecule has 0 radical (unpaired) electrons. The maximum Gasteiger partial charge on any atom is 0.306 e. The van der Waals surface area contributed by atoms with E-state index in [2.05, 4.69) is 6.58 Å². The number of rotatable bonds is 4. The second kappa shape index (κ2) is 5.22. The van der Waals surface area contributed by atoms with Crippen LogP contribution in [0.2, 0.25) is 0 Å². The highest BCUT2D eigenvalue weighted by atomic mass is 16.5. The first-order chi connectivity index (χ1) is 6.77. The van der Waals surface area contributed by atoms with Crippen LogP contribution >= 0.6 is 0 Å². The average molecular weight is 190 g/mol. The zero-order valence-electron chi connectivity index (χ0n) is 8.27. The van der Waals surface area contributed by atoms with Crippen LogP contribution in [0.15, 0.2) is 43.0 Å². The Kier molecular flexibility index (Phi) is 3.92. The Labute approximate surface area is 84.2 Å². The van der Waals surface area contributed by atoms with Crippen molar-refractivity contribution in [3.05, 3.63) is 48.6 Å². The lowest BCUT2D eigenvalue weighted by atomic mass is 10.1. The highest BCUT2D eigenvalue weighted by Gasteiger charge is 2.10. The van der Waals surface area contributed by atoms with Gasteiger partial charge in [0.2, 0.25) is 0 Å². The van der Waals surface area contributed by atoms with Gasteiger partial charge in [-0.15, -0.1) is 0 Å². The van der Waals surface area contributed by atoms with Crippen molar-refractivity contribution in [1.29, 1.82) is 0 Å². The van der Waals surface area contributed by atoms with Gasteiger partial charge in [-0.25, -0.2) is 0 Å². The van der Waals surface area contributed by atoms with Crippen LogP contribution in [-0.2, 0) is 9.53 Å². The van der Waals surface area contributed by atoms with Gasteiger partial charge >= 0.3 is 5.97 Å². The van der Waals surface area contributed by atoms with Gasteiger partial charge in [0, 0.05) is 6.42 Å². The fourth-order valence-electron chi connectivity index (χ4n) is 1.12. The van der Waals surface area contributed by atoms with E-state index < -0.39 is 0 Å². The third-order valence-corrected chi connectivity index (χ3v) is 1.89. The van der Waals surface area contributed by atoms with Crippen molar-refractivity contribution in [3.63, 3.8) is 0 Å². The smallest absolute Gasteiger partial charge is 0.306 e. The zero-order valence-corrected chi connectivity index (χ0v) is 8.27. The van der Waals surface area contributed by atoms with Crippen molar-refractivity contribution in [1.82, 2.24) is 0 Å². The van der Waals surface area contributed by atoms with E-state index in [1.165, 1.54) is 0 Å². The number of esters is 1. The maximum atomic E-state index is 11.1. The summed E-state index contributed by atoms with van der Waals surface area (Å²) in [6, 6.07) is 9.56. The summed E-state index contributed by atoms with van der Waals surface area (Å²) in [6.45, 7) is 5.42. The maximum absolute atomic E-state index is 11.1. The van der Waals surface area contributed by atoms with Gasteiger partial charge in [-0.1, -0.05) is 43.8 Å². The molecular formula is C12H14O2. The number of carbonyl (C=O) groups is 1. The fraction of sp³-hybridized carbons (Fsp3) is 0.250. The molecule has 1 rings (SSSR count). The van der Waals surface area contributed by atoms with E-state index in [-0.39, 0.29) is 12.1 Å². The average Bonchev–Trinajstić information content (AvgIpc) is 2.26. The van der Waals surface area contributed by atoms with Crippen molar-refractivity contribution in [2.45, 2.75) is 19.4 Å². The van der Waals surface area contributed by atoms with Crippen molar-refractivity contribution < 1.29 is 9.53 Å². The van der Waals surface area contributed by atoms with Gasteiger partial charge in [0.05, 0.1) is 0 Å². The predicted molar refractivity (Wildman–Crippen MR) is 55.8 cm³/mol. The molecule has 14 heavy (non-hydrogen) atoms. The summed E-state index contributed by atoms with van der Waals surface area (Å²) in [7, 11) is 0. The monoisotopic (exact) mass is 190 g/mol. The molecule has 0 saturated carbocycles. The topological polar surface area (TPSA) is 26.3 Å². The highest BCUT2D eigenvalue weighted by molar-refractivity contribution is 5.69. The lowest BCUT2D eigenvalue weighted by Gasteiger charge is -2.13. The summed E-state index contributed by atoms with van der Waals surface area (Å²) in [6.07, 6.45) is 1.68. The summed E-state index contributed by atoms with van der Waals surface area (Å²) in [5.41, 5.74) is 0.948. The van der Waals surface area contributed by atoms with Crippen molar-refractivity contribution in [2.75, 3.05) is 0 Å². The van der Waals surface area contributed by atoms with Crippen molar-refractivity contribution in [3.8, 4) is 0 Å². The summed E-state index contributed by atoms with van der Waals surface area (Å²) in [5.74, 6) is -0.209. The molecule has 1 unspecified atom stereocenters. The molecule has 1 atom stereocenters. The molecular weight excluding hydrogens is 176 g/mol. The zero-order chi connectivity index (χ0) is 10.4. The standard InChI is InChI=1S/C12H14O2/c1-3-11(14-12(13)4-2)10-8-6-5-7-9-10/h3,5-9,11H,1,4H2,2H3. The van der Waals surface area contributed by atoms with Crippen LogP contribution in [0.25, 0.3) is 0 Å². The van der Waals surface area contributed by atoms with Crippen LogP contribution < -0.4 is 0 Å². The van der Waals surface area contributed by atoms with Gasteiger partial charge in [-0.3, -0.25) is 4.79 Å². The van der Waals surface area contributed by atoms with E-state index in [0.29, 0.717) is 6.42 Å². The molecule has 74 valence electrons. The summed E-state index contributed by atoms with van der Waals surface area (Å²) >= 11 is 0. The van der Waals surface area contributed by atoms with E-state index in [1.54, 1.807) is 13.0 Å². The minimum Gasteiger partial charge on any atom is -0.453 e. The minimum atomic E-state index is -0.330. The van der Waals surface area contributed by atoms with Crippen LogP contribution in [0.4, 0.5) is 0 Å². The van der Waals surface area contributed by atoms with Crippen molar-refractivity contribution >= 4 is 5.97 Å². The number of carbonyl (C=O) groups excluding carboxylic acids is 1. The van der Waals surface area contributed by atoms with Gasteiger partial charge in [0.15, 0.2) is 0 Å². The Hall–Kier alpha value is -1.57. The second-order valence-electron chi connectivity index (χ2n) is 2.91. The first-order valence-corrected chi connectivity index (χ1v) is 4.65. The quantitative estimate of drug-likeness (QED) is 0.539. The molecule has 0 heterocycles. The van der Waals surface area contributed by atoms with Gasteiger partial charge in [0.25, 0.3) is 0 Å². The Balaban J connectivity index is 2.73. The number of hydrogen-bond donors (Lipinski definition) is 0. The molecule has 0 aliphatic carbocycles. The molecule has 0 N–H and O–H groups in total. The molecule has 1 aromatic carbocycles. The lowest BCUT2D eigenvalue weighted by molar-refractivity contribution is -0.146. The van der Waals surface area contributed by atoms with Crippen molar-refractivity contribution in [2.24, 2.45) is 0 Å². The summed E-state index contributed by atoms with van der Waals surface area (Å²) in [5, 5.41) is 0. The fourth-order valence-corrected chi connectivity index (χ4v) is 1.12. The Morgan fingerprint density at radius 3 is 2.64 bits per heavy atom. The predicted octanol–water partition coefficient (Wildman–Crippen LogP) is 2.87. The molecule has 2 nitrogen and oxygen atoms in total. The minimum absolute atomic E-state index is 0.209. The van der Waals surface area contributed by atoms with Gasteiger partial charge in [0.1, 0.15) is 6.10 Å².